The molecule has 0 unspecified atom stereocenters. The topological polar surface area (TPSA) is 50.1 Å². The predicted molar refractivity (Wildman–Crippen MR) is 117 cm³/mol. The maximum atomic E-state index is 14.6. The largest absolute Gasteiger partial charge is 0.347 e. The third-order valence-corrected chi connectivity index (χ3v) is 5.99. The van der Waals surface area contributed by atoms with Gasteiger partial charge in [-0.1, -0.05) is 18.2 Å². The predicted octanol–water partition coefficient (Wildman–Crippen LogP) is 3.77. The average Bonchev–Trinajstić information content (AvgIpc) is 3.06. The second kappa shape index (κ2) is 8.52. The molecule has 1 aromatic carbocycles. The number of hydrogen-bond donors (Lipinski definition) is 0. The van der Waals surface area contributed by atoms with Crippen LogP contribution in [-0.4, -0.2) is 51.8 Å². The van der Waals surface area contributed by atoms with Gasteiger partial charge in [0.05, 0.1) is 11.9 Å². The van der Waals surface area contributed by atoms with Crippen molar-refractivity contribution in [3.8, 4) is 11.1 Å². The Morgan fingerprint density at radius 1 is 1.17 bits per heavy atom. The van der Waals surface area contributed by atoms with E-state index in [0.29, 0.717) is 11.5 Å². The number of benzene rings is 1. The number of rotatable bonds is 5. The zero-order valence-electron chi connectivity index (χ0n) is 18.1. The van der Waals surface area contributed by atoms with E-state index in [1.54, 1.807) is 12.3 Å². The van der Waals surface area contributed by atoms with Gasteiger partial charge in [-0.15, -0.1) is 0 Å². The number of likely N-dealkylation sites (tertiary alicyclic amines) is 1. The van der Waals surface area contributed by atoms with E-state index in [2.05, 4.69) is 21.9 Å². The first-order valence-electron chi connectivity index (χ1n) is 10.4. The van der Waals surface area contributed by atoms with Gasteiger partial charge in [0, 0.05) is 68.7 Å². The lowest BCUT2D eigenvalue weighted by Gasteiger charge is -2.33. The first-order chi connectivity index (χ1) is 14.4. The molecule has 0 bridgehead atoms. The lowest BCUT2D eigenvalue weighted by atomic mass is 9.89. The quantitative estimate of drug-likeness (QED) is 0.643. The van der Waals surface area contributed by atoms with Crippen molar-refractivity contribution >= 4 is 5.95 Å². The molecule has 1 fully saturated rings. The summed E-state index contributed by atoms with van der Waals surface area (Å²) in [4.78, 5) is 13.7. The molecule has 3 aromatic rings. The van der Waals surface area contributed by atoms with Crippen molar-refractivity contribution in [1.82, 2.24) is 24.6 Å². The number of aryl methyl sites for hydroxylation is 1. The van der Waals surface area contributed by atoms with E-state index in [-0.39, 0.29) is 11.7 Å². The van der Waals surface area contributed by atoms with Crippen LogP contribution in [0.25, 0.3) is 11.1 Å². The Morgan fingerprint density at radius 2 is 1.97 bits per heavy atom. The average molecular weight is 409 g/mol. The van der Waals surface area contributed by atoms with E-state index in [9.17, 15) is 4.39 Å². The number of halogens is 1. The third-order valence-electron chi connectivity index (χ3n) is 5.99. The van der Waals surface area contributed by atoms with Crippen LogP contribution in [0.5, 0.6) is 0 Å². The van der Waals surface area contributed by atoms with Crippen LogP contribution >= 0.6 is 0 Å². The van der Waals surface area contributed by atoms with Crippen molar-refractivity contribution in [2.45, 2.75) is 32.2 Å². The summed E-state index contributed by atoms with van der Waals surface area (Å²) >= 11 is 0. The molecule has 0 N–H and O–H groups in total. The van der Waals surface area contributed by atoms with Gasteiger partial charge in [0.1, 0.15) is 5.82 Å². The summed E-state index contributed by atoms with van der Waals surface area (Å²) in [5.74, 6) is 0.649. The zero-order valence-corrected chi connectivity index (χ0v) is 18.1. The number of piperidine rings is 1. The fourth-order valence-corrected chi connectivity index (χ4v) is 4.16. The minimum atomic E-state index is -0.237. The zero-order chi connectivity index (χ0) is 21.3. The Kier molecular flexibility index (Phi) is 5.81. The molecule has 0 aliphatic carbocycles. The van der Waals surface area contributed by atoms with Gasteiger partial charge in [-0.05, 0) is 32.4 Å². The van der Waals surface area contributed by atoms with E-state index >= 15 is 0 Å². The van der Waals surface area contributed by atoms with Crippen LogP contribution in [0.4, 0.5) is 10.3 Å². The van der Waals surface area contributed by atoms with E-state index in [4.69, 9.17) is 4.98 Å². The molecule has 0 amide bonds. The summed E-state index contributed by atoms with van der Waals surface area (Å²) in [5.41, 5.74) is 4.75. The van der Waals surface area contributed by atoms with Crippen molar-refractivity contribution in [1.29, 1.82) is 0 Å². The third kappa shape index (κ3) is 4.07. The number of anilines is 1. The highest BCUT2D eigenvalue weighted by atomic mass is 19.1. The van der Waals surface area contributed by atoms with E-state index < -0.39 is 0 Å². The van der Waals surface area contributed by atoms with Crippen molar-refractivity contribution in [2.75, 3.05) is 32.1 Å². The Morgan fingerprint density at radius 3 is 2.67 bits per heavy atom. The molecule has 1 aliphatic heterocycles. The molecule has 1 aliphatic rings. The van der Waals surface area contributed by atoms with Gasteiger partial charge in [0.25, 0.3) is 0 Å². The van der Waals surface area contributed by atoms with E-state index in [0.717, 1.165) is 43.7 Å². The normalized spacial score (nSPS) is 17.3. The highest BCUT2D eigenvalue weighted by molar-refractivity contribution is 5.67. The van der Waals surface area contributed by atoms with Gasteiger partial charge in [-0.3, -0.25) is 9.58 Å². The summed E-state index contributed by atoms with van der Waals surface area (Å²) < 4.78 is 16.5. The number of nitrogens with zero attached hydrogens (tertiary/aromatic N) is 6. The van der Waals surface area contributed by atoms with E-state index in [1.165, 1.54) is 17.3 Å². The Hall–Kier alpha value is -2.80. The number of aromatic nitrogens is 4. The molecule has 1 saturated heterocycles. The highest BCUT2D eigenvalue weighted by Crippen LogP contribution is 2.35. The highest BCUT2D eigenvalue weighted by Gasteiger charge is 2.27. The van der Waals surface area contributed by atoms with Crippen molar-refractivity contribution in [3.05, 3.63) is 59.4 Å². The molecular formula is C23H29FN6. The van der Waals surface area contributed by atoms with E-state index in [1.807, 2.05) is 49.1 Å². The molecule has 30 heavy (non-hydrogen) atoms. The molecule has 1 atom stereocenters. The van der Waals surface area contributed by atoms with Gasteiger partial charge in [0.15, 0.2) is 0 Å². The van der Waals surface area contributed by atoms with Gasteiger partial charge in [-0.2, -0.15) is 5.10 Å². The fourth-order valence-electron chi connectivity index (χ4n) is 4.16. The second-order valence-corrected chi connectivity index (χ2v) is 8.30. The number of hydrogen-bond acceptors (Lipinski definition) is 5. The van der Waals surface area contributed by atoms with Crippen LogP contribution in [0.2, 0.25) is 0 Å². The van der Waals surface area contributed by atoms with Crippen LogP contribution in [0.1, 0.15) is 35.7 Å². The Bertz CT molecular complexity index is 1030. The second-order valence-electron chi connectivity index (χ2n) is 8.30. The summed E-state index contributed by atoms with van der Waals surface area (Å²) in [6.45, 7) is 4.91. The summed E-state index contributed by atoms with van der Waals surface area (Å²) in [6, 6.07) is 6.89. The molecule has 158 valence electrons. The molecule has 2 aromatic heterocycles. The lowest BCUT2D eigenvalue weighted by Crippen LogP contribution is -2.34. The SMILES string of the molecule is Cc1c(CN2CCC[C@H](c3nc(N(C)C)ncc3-c3ccccc3F)C2)cnn1C. The summed E-state index contributed by atoms with van der Waals surface area (Å²) in [5, 5.41) is 4.38. The molecule has 7 heteroatoms. The maximum absolute atomic E-state index is 14.6. The minimum Gasteiger partial charge on any atom is -0.347 e. The van der Waals surface area contributed by atoms with Gasteiger partial charge in [-0.25, -0.2) is 14.4 Å². The molecule has 3 heterocycles. The Balaban J connectivity index is 1.66. The summed E-state index contributed by atoms with van der Waals surface area (Å²) in [7, 11) is 5.84. The van der Waals surface area contributed by atoms with Crippen molar-refractivity contribution < 1.29 is 4.39 Å². The van der Waals surface area contributed by atoms with Crippen LogP contribution in [-0.2, 0) is 13.6 Å². The van der Waals surface area contributed by atoms with Crippen LogP contribution in [0, 0.1) is 12.7 Å². The molecular weight excluding hydrogens is 379 g/mol. The summed E-state index contributed by atoms with van der Waals surface area (Å²) in [6.07, 6.45) is 5.86. The Labute approximate surface area is 177 Å². The van der Waals surface area contributed by atoms with Gasteiger partial charge < -0.3 is 4.90 Å². The molecule has 0 radical (unpaired) electrons. The lowest BCUT2D eigenvalue weighted by molar-refractivity contribution is 0.198. The molecule has 0 saturated carbocycles. The smallest absolute Gasteiger partial charge is 0.225 e. The van der Waals surface area contributed by atoms with Gasteiger partial charge in [0.2, 0.25) is 5.95 Å². The molecule has 6 nitrogen and oxygen atoms in total. The molecule has 4 rings (SSSR count). The van der Waals surface area contributed by atoms with Crippen LogP contribution in [0.3, 0.4) is 0 Å². The van der Waals surface area contributed by atoms with Crippen molar-refractivity contribution in [3.63, 3.8) is 0 Å². The maximum Gasteiger partial charge on any atom is 0.225 e. The fraction of sp³-hybridized carbons (Fsp3) is 0.435. The van der Waals surface area contributed by atoms with Crippen LogP contribution < -0.4 is 4.90 Å². The van der Waals surface area contributed by atoms with Crippen LogP contribution in [0.15, 0.2) is 36.7 Å². The van der Waals surface area contributed by atoms with Crippen molar-refractivity contribution in [2.24, 2.45) is 7.05 Å². The first-order valence-corrected chi connectivity index (χ1v) is 10.4. The standard InChI is InChI=1S/C23H29FN6/c1-16-18(12-26-29(16)4)15-30-11-7-8-17(14-30)22-20(13-25-23(27-22)28(2)3)19-9-5-6-10-21(19)24/h5-6,9-10,12-13,17H,7-8,11,14-15H2,1-4H3/t17-/m0/s1. The molecule has 0 spiro atoms. The minimum absolute atomic E-state index is 0.229. The first kappa shape index (κ1) is 20.5. The monoisotopic (exact) mass is 408 g/mol. The van der Waals surface area contributed by atoms with Gasteiger partial charge >= 0.3 is 0 Å².